The lowest BCUT2D eigenvalue weighted by atomic mass is 10.0. The van der Waals surface area contributed by atoms with Gasteiger partial charge in [-0.3, -0.25) is 28.8 Å². The summed E-state index contributed by atoms with van der Waals surface area (Å²) >= 11 is 0. The van der Waals surface area contributed by atoms with Gasteiger partial charge < -0.3 is 43.2 Å². The molecule has 0 aromatic rings. The predicted octanol–water partition coefficient (Wildman–Crippen LogP) is -3.29. The Kier molecular flexibility index (Phi) is 12.8. The Morgan fingerprint density at radius 3 is 2.14 bits per heavy atom. The standard InChI is InChI=1S/C22H39N7O7/c1-12(30)18(28-21(35)16-7-5-11-29(16)13(2)31)22(36)27-15(8-9-17(24)32)20(34)26-14(19(25)33)6-3-4-10-23/h12,14-16,18,30H,3-11,23H2,1-2H3,(H2,24,32)(H2,25,33)(H,26,34)(H,27,36)(H,28,35)/t12-,14+,15+,16+,18+/m1/s1. The molecule has 0 radical (unpaired) electrons. The van der Waals surface area contributed by atoms with Crippen molar-refractivity contribution in [3.05, 3.63) is 0 Å². The van der Waals surface area contributed by atoms with E-state index in [1.165, 1.54) is 18.7 Å². The number of rotatable bonds is 15. The normalized spacial score (nSPS) is 18.4. The second kappa shape index (κ2) is 15.0. The van der Waals surface area contributed by atoms with Crippen molar-refractivity contribution in [2.75, 3.05) is 13.1 Å². The second-order valence-corrected chi connectivity index (χ2v) is 8.91. The molecule has 0 bridgehead atoms. The summed E-state index contributed by atoms with van der Waals surface area (Å²) in [5.41, 5.74) is 16.0. The van der Waals surface area contributed by atoms with Gasteiger partial charge in [0.25, 0.3) is 0 Å². The second-order valence-electron chi connectivity index (χ2n) is 8.91. The summed E-state index contributed by atoms with van der Waals surface area (Å²) in [6, 6.07) is -4.56. The van der Waals surface area contributed by atoms with Crippen molar-refractivity contribution in [3.63, 3.8) is 0 Å². The number of nitrogens with one attached hydrogen (secondary N) is 3. The van der Waals surface area contributed by atoms with E-state index in [2.05, 4.69) is 16.0 Å². The molecule has 5 atom stereocenters. The van der Waals surface area contributed by atoms with Gasteiger partial charge in [0.15, 0.2) is 0 Å². The van der Waals surface area contributed by atoms with Gasteiger partial charge in [0.1, 0.15) is 24.2 Å². The van der Waals surface area contributed by atoms with Crippen LogP contribution in [0, 0.1) is 0 Å². The summed E-state index contributed by atoms with van der Waals surface area (Å²) < 4.78 is 0. The zero-order valence-corrected chi connectivity index (χ0v) is 20.8. The van der Waals surface area contributed by atoms with Crippen LogP contribution in [0.2, 0.25) is 0 Å². The van der Waals surface area contributed by atoms with Crippen molar-refractivity contribution in [2.45, 2.75) is 89.1 Å². The molecule has 10 N–H and O–H groups in total. The first-order valence-electron chi connectivity index (χ1n) is 12.0. The monoisotopic (exact) mass is 513 g/mol. The topological polar surface area (TPSA) is 240 Å². The van der Waals surface area contributed by atoms with Crippen LogP contribution in [0.25, 0.3) is 0 Å². The molecule has 204 valence electrons. The smallest absolute Gasteiger partial charge is 0.245 e. The summed E-state index contributed by atoms with van der Waals surface area (Å²) in [7, 11) is 0. The van der Waals surface area contributed by atoms with Gasteiger partial charge >= 0.3 is 0 Å². The highest BCUT2D eigenvalue weighted by Gasteiger charge is 2.36. The van der Waals surface area contributed by atoms with E-state index in [0.29, 0.717) is 38.8 Å². The van der Waals surface area contributed by atoms with E-state index < -0.39 is 59.8 Å². The zero-order chi connectivity index (χ0) is 27.4. The lowest BCUT2D eigenvalue weighted by Gasteiger charge is -2.28. The van der Waals surface area contributed by atoms with Crippen LogP contribution in [0.4, 0.5) is 0 Å². The third kappa shape index (κ3) is 9.77. The number of carbonyl (C=O) groups is 6. The van der Waals surface area contributed by atoms with Crippen molar-refractivity contribution in [2.24, 2.45) is 17.2 Å². The third-order valence-corrected chi connectivity index (χ3v) is 5.94. The molecule has 1 heterocycles. The SMILES string of the molecule is CC(=O)N1CCC[C@H]1C(=O)N[C@H](C(=O)N[C@@H](CCC(N)=O)C(=O)N[C@@H](CCCCN)C(N)=O)[C@@H](C)O. The van der Waals surface area contributed by atoms with E-state index in [1.54, 1.807) is 0 Å². The number of carbonyl (C=O) groups excluding carboxylic acids is 6. The molecule has 0 aliphatic carbocycles. The highest BCUT2D eigenvalue weighted by molar-refractivity contribution is 5.95. The number of unbranched alkanes of at least 4 members (excludes halogenated alkanes) is 1. The Morgan fingerprint density at radius 1 is 0.972 bits per heavy atom. The maximum absolute atomic E-state index is 13.0. The van der Waals surface area contributed by atoms with Crippen LogP contribution >= 0.6 is 0 Å². The average Bonchev–Trinajstić information content (AvgIpc) is 3.29. The zero-order valence-electron chi connectivity index (χ0n) is 20.8. The van der Waals surface area contributed by atoms with Crippen LogP contribution in [-0.4, -0.2) is 88.8 Å². The summed E-state index contributed by atoms with van der Waals surface area (Å²) in [5, 5.41) is 17.5. The molecule has 1 aliphatic heterocycles. The molecule has 14 heteroatoms. The Hall–Kier alpha value is -3.26. The largest absolute Gasteiger partial charge is 0.391 e. The van der Waals surface area contributed by atoms with Crippen LogP contribution < -0.4 is 33.2 Å². The summed E-state index contributed by atoms with van der Waals surface area (Å²) in [6.07, 6.45) is 0.588. The van der Waals surface area contributed by atoms with Crippen LogP contribution in [0.5, 0.6) is 0 Å². The Labute approximate surface area is 210 Å². The summed E-state index contributed by atoms with van der Waals surface area (Å²) in [5.74, 6) is -4.08. The van der Waals surface area contributed by atoms with Gasteiger partial charge in [-0.2, -0.15) is 0 Å². The van der Waals surface area contributed by atoms with Gasteiger partial charge in [0.05, 0.1) is 6.10 Å². The minimum absolute atomic E-state index is 0.192. The van der Waals surface area contributed by atoms with E-state index >= 15 is 0 Å². The van der Waals surface area contributed by atoms with Gasteiger partial charge in [0, 0.05) is 19.9 Å². The molecular weight excluding hydrogens is 474 g/mol. The number of nitrogens with zero attached hydrogens (tertiary/aromatic N) is 1. The number of aliphatic hydroxyl groups excluding tert-OH is 1. The third-order valence-electron chi connectivity index (χ3n) is 5.94. The number of likely N-dealkylation sites (tertiary alicyclic amines) is 1. The molecule has 0 spiro atoms. The Balaban J connectivity index is 2.96. The number of nitrogens with two attached hydrogens (primary N) is 3. The molecule has 36 heavy (non-hydrogen) atoms. The number of aliphatic hydroxyl groups is 1. The highest BCUT2D eigenvalue weighted by Crippen LogP contribution is 2.17. The maximum atomic E-state index is 13.0. The predicted molar refractivity (Wildman–Crippen MR) is 128 cm³/mol. The van der Waals surface area contributed by atoms with Gasteiger partial charge in [-0.25, -0.2) is 0 Å². The van der Waals surface area contributed by atoms with Crippen LogP contribution in [0.15, 0.2) is 0 Å². The van der Waals surface area contributed by atoms with Gasteiger partial charge in [0.2, 0.25) is 35.4 Å². The van der Waals surface area contributed by atoms with E-state index in [-0.39, 0.29) is 25.2 Å². The number of primary amides is 2. The molecule has 6 amide bonds. The minimum Gasteiger partial charge on any atom is -0.391 e. The van der Waals surface area contributed by atoms with Gasteiger partial charge in [-0.1, -0.05) is 0 Å². The van der Waals surface area contributed by atoms with Crippen molar-refractivity contribution in [1.82, 2.24) is 20.9 Å². The fourth-order valence-corrected chi connectivity index (χ4v) is 3.94. The first kappa shape index (κ1) is 30.8. The number of amides is 6. The first-order chi connectivity index (χ1) is 16.9. The van der Waals surface area contributed by atoms with Gasteiger partial charge in [-0.15, -0.1) is 0 Å². The molecule has 0 unspecified atom stereocenters. The van der Waals surface area contributed by atoms with E-state index in [4.69, 9.17) is 17.2 Å². The maximum Gasteiger partial charge on any atom is 0.245 e. The lowest BCUT2D eigenvalue weighted by Crippen LogP contribution is -2.60. The van der Waals surface area contributed by atoms with Gasteiger partial charge in [-0.05, 0) is 52.0 Å². The average molecular weight is 514 g/mol. The summed E-state index contributed by atoms with van der Waals surface area (Å²) in [4.78, 5) is 74.8. The van der Waals surface area contributed by atoms with E-state index in [1.807, 2.05) is 0 Å². The van der Waals surface area contributed by atoms with Crippen molar-refractivity contribution >= 4 is 35.4 Å². The van der Waals surface area contributed by atoms with Crippen molar-refractivity contribution in [3.8, 4) is 0 Å². The van der Waals surface area contributed by atoms with Crippen LogP contribution in [0.3, 0.4) is 0 Å². The first-order valence-corrected chi connectivity index (χ1v) is 12.0. The molecule has 14 nitrogen and oxygen atoms in total. The number of hydrogen-bond acceptors (Lipinski definition) is 8. The molecule has 1 saturated heterocycles. The Bertz CT molecular complexity index is 821. The van der Waals surface area contributed by atoms with E-state index in [0.717, 1.165) is 0 Å². The fraction of sp³-hybridized carbons (Fsp3) is 0.727. The van der Waals surface area contributed by atoms with Crippen molar-refractivity contribution in [1.29, 1.82) is 0 Å². The molecule has 0 aromatic heterocycles. The van der Waals surface area contributed by atoms with Crippen LogP contribution in [-0.2, 0) is 28.8 Å². The minimum atomic E-state index is -1.45. The van der Waals surface area contributed by atoms with Crippen molar-refractivity contribution < 1.29 is 33.9 Å². The fourth-order valence-electron chi connectivity index (χ4n) is 3.94. The molecule has 1 rings (SSSR count). The summed E-state index contributed by atoms with van der Waals surface area (Å²) in [6.45, 7) is 3.41. The molecule has 1 aliphatic rings. The molecule has 0 saturated carbocycles. The molecule has 0 aromatic carbocycles. The quantitative estimate of drug-likeness (QED) is 0.109. The van der Waals surface area contributed by atoms with Crippen LogP contribution in [0.1, 0.15) is 58.8 Å². The highest BCUT2D eigenvalue weighted by atomic mass is 16.3. The molecular formula is C22H39N7O7. The lowest BCUT2D eigenvalue weighted by molar-refractivity contribution is -0.139. The van der Waals surface area contributed by atoms with E-state index in [9.17, 15) is 33.9 Å². The Morgan fingerprint density at radius 2 is 1.61 bits per heavy atom. The number of hydrogen-bond donors (Lipinski definition) is 7. The molecule has 1 fully saturated rings.